The van der Waals surface area contributed by atoms with E-state index in [9.17, 15) is 5.26 Å². The molecule has 0 amide bonds. The number of fused-ring (bicyclic) bond motifs is 1. The predicted octanol–water partition coefficient (Wildman–Crippen LogP) is 3.67. The number of benzene rings is 1. The van der Waals surface area contributed by atoms with Crippen LogP contribution in [0.4, 0.5) is 0 Å². The van der Waals surface area contributed by atoms with E-state index >= 15 is 0 Å². The summed E-state index contributed by atoms with van der Waals surface area (Å²) >= 11 is 0. The van der Waals surface area contributed by atoms with Crippen molar-refractivity contribution in [3.8, 4) is 17.3 Å². The van der Waals surface area contributed by atoms with Gasteiger partial charge < -0.3 is 9.97 Å². The molecule has 0 spiro atoms. The standard InChI is InChI=1S/C16H16N4/c1-10-14(11-6-4-5-7-12(11)19-10)13-8-18-15(20-13)16(2,3)9-17/h4-8,19H,1-3H3,(H,18,20). The fourth-order valence-electron chi connectivity index (χ4n) is 2.44. The third-order valence-corrected chi connectivity index (χ3v) is 3.61. The van der Waals surface area contributed by atoms with Crippen molar-refractivity contribution in [2.45, 2.75) is 26.2 Å². The number of aryl methyl sites for hydroxylation is 1. The zero-order valence-corrected chi connectivity index (χ0v) is 11.8. The van der Waals surface area contributed by atoms with E-state index in [0.717, 1.165) is 27.9 Å². The number of H-pyrrole nitrogens is 2. The Morgan fingerprint density at radius 2 is 1.95 bits per heavy atom. The van der Waals surface area contributed by atoms with Gasteiger partial charge in [-0.1, -0.05) is 18.2 Å². The van der Waals surface area contributed by atoms with Crippen LogP contribution in [0.5, 0.6) is 0 Å². The maximum atomic E-state index is 9.20. The molecule has 2 N–H and O–H groups in total. The number of para-hydroxylation sites is 1. The van der Waals surface area contributed by atoms with Crippen molar-refractivity contribution < 1.29 is 0 Å². The van der Waals surface area contributed by atoms with Crippen LogP contribution in [0.15, 0.2) is 30.5 Å². The first-order chi connectivity index (χ1) is 9.53. The van der Waals surface area contributed by atoms with E-state index in [1.54, 1.807) is 6.20 Å². The van der Waals surface area contributed by atoms with E-state index in [2.05, 4.69) is 33.2 Å². The molecule has 0 saturated heterocycles. The minimum Gasteiger partial charge on any atom is -0.358 e. The summed E-state index contributed by atoms with van der Waals surface area (Å²) in [7, 11) is 0. The van der Waals surface area contributed by atoms with Crippen LogP contribution in [0.1, 0.15) is 25.4 Å². The van der Waals surface area contributed by atoms with Gasteiger partial charge in [-0.25, -0.2) is 4.98 Å². The topological polar surface area (TPSA) is 68.3 Å². The number of rotatable bonds is 2. The molecule has 0 bridgehead atoms. The zero-order valence-electron chi connectivity index (χ0n) is 11.8. The van der Waals surface area contributed by atoms with Crippen molar-refractivity contribution in [1.29, 1.82) is 5.26 Å². The maximum absolute atomic E-state index is 9.20. The van der Waals surface area contributed by atoms with Gasteiger partial charge in [0.2, 0.25) is 0 Å². The summed E-state index contributed by atoms with van der Waals surface area (Å²) in [6.45, 7) is 5.76. The van der Waals surface area contributed by atoms with Crippen molar-refractivity contribution >= 4 is 10.9 Å². The molecule has 4 heteroatoms. The summed E-state index contributed by atoms with van der Waals surface area (Å²) in [4.78, 5) is 11.0. The van der Waals surface area contributed by atoms with E-state index in [-0.39, 0.29) is 0 Å². The Morgan fingerprint density at radius 1 is 1.20 bits per heavy atom. The predicted molar refractivity (Wildman–Crippen MR) is 79.3 cm³/mol. The number of aromatic amines is 2. The number of imidazole rings is 1. The molecule has 0 fully saturated rings. The van der Waals surface area contributed by atoms with Crippen LogP contribution in [-0.4, -0.2) is 15.0 Å². The van der Waals surface area contributed by atoms with Gasteiger partial charge in [0.15, 0.2) is 0 Å². The SMILES string of the molecule is Cc1[nH]c2ccccc2c1-c1cnc(C(C)(C)C#N)[nH]1. The van der Waals surface area contributed by atoms with E-state index in [1.165, 1.54) is 0 Å². The number of hydrogen-bond donors (Lipinski definition) is 2. The minimum absolute atomic E-state index is 0.613. The molecule has 3 rings (SSSR count). The molecule has 0 saturated carbocycles. The maximum Gasteiger partial charge on any atom is 0.126 e. The van der Waals surface area contributed by atoms with E-state index < -0.39 is 5.41 Å². The molecule has 2 aromatic heterocycles. The fraction of sp³-hybridized carbons (Fsp3) is 0.250. The molecule has 20 heavy (non-hydrogen) atoms. The van der Waals surface area contributed by atoms with E-state index in [0.29, 0.717) is 5.82 Å². The van der Waals surface area contributed by atoms with Crippen LogP contribution in [0.3, 0.4) is 0 Å². The third-order valence-electron chi connectivity index (χ3n) is 3.61. The molecule has 0 aliphatic rings. The van der Waals surface area contributed by atoms with Crippen LogP contribution >= 0.6 is 0 Å². The lowest BCUT2D eigenvalue weighted by molar-refractivity contribution is 0.640. The van der Waals surface area contributed by atoms with Gasteiger partial charge in [0.05, 0.1) is 18.0 Å². The molecule has 0 unspecified atom stereocenters. The van der Waals surface area contributed by atoms with Crippen molar-refractivity contribution in [3.63, 3.8) is 0 Å². The highest BCUT2D eigenvalue weighted by Gasteiger charge is 2.24. The van der Waals surface area contributed by atoms with Gasteiger partial charge in [0.25, 0.3) is 0 Å². The second-order valence-corrected chi connectivity index (χ2v) is 5.55. The molecule has 0 radical (unpaired) electrons. The zero-order chi connectivity index (χ0) is 14.3. The van der Waals surface area contributed by atoms with Gasteiger partial charge in [-0.2, -0.15) is 5.26 Å². The van der Waals surface area contributed by atoms with Gasteiger partial charge in [0.1, 0.15) is 11.2 Å². The van der Waals surface area contributed by atoms with Gasteiger partial charge in [0, 0.05) is 22.2 Å². The molecule has 1 aromatic carbocycles. The Kier molecular flexibility index (Phi) is 2.65. The Balaban J connectivity index is 2.18. The van der Waals surface area contributed by atoms with Crippen molar-refractivity contribution in [2.24, 2.45) is 0 Å². The van der Waals surface area contributed by atoms with Crippen LogP contribution < -0.4 is 0 Å². The van der Waals surface area contributed by atoms with Crippen LogP contribution in [0, 0.1) is 18.3 Å². The summed E-state index contributed by atoms with van der Waals surface area (Å²) in [6, 6.07) is 10.4. The normalized spacial score (nSPS) is 11.7. The van der Waals surface area contributed by atoms with Crippen molar-refractivity contribution in [2.75, 3.05) is 0 Å². The van der Waals surface area contributed by atoms with Crippen LogP contribution in [0.25, 0.3) is 22.2 Å². The first-order valence-corrected chi connectivity index (χ1v) is 6.57. The number of nitriles is 1. The van der Waals surface area contributed by atoms with Crippen molar-refractivity contribution in [1.82, 2.24) is 15.0 Å². The number of nitrogens with one attached hydrogen (secondary N) is 2. The van der Waals surface area contributed by atoms with E-state index in [4.69, 9.17) is 0 Å². The highest BCUT2D eigenvalue weighted by atomic mass is 14.9. The largest absolute Gasteiger partial charge is 0.358 e. The van der Waals surface area contributed by atoms with Crippen molar-refractivity contribution in [3.05, 3.63) is 42.0 Å². The third kappa shape index (κ3) is 1.79. The number of hydrogen-bond acceptors (Lipinski definition) is 2. The Morgan fingerprint density at radius 3 is 2.70 bits per heavy atom. The second-order valence-electron chi connectivity index (χ2n) is 5.55. The molecule has 4 nitrogen and oxygen atoms in total. The summed E-state index contributed by atoms with van der Waals surface area (Å²) < 4.78 is 0. The summed E-state index contributed by atoms with van der Waals surface area (Å²) in [6.07, 6.45) is 1.80. The molecule has 2 heterocycles. The van der Waals surface area contributed by atoms with E-state index in [1.807, 2.05) is 32.9 Å². The molecule has 0 atom stereocenters. The highest BCUT2D eigenvalue weighted by Crippen LogP contribution is 2.32. The average molecular weight is 264 g/mol. The summed E-state index contributed by atoms with van der Waals surface area (Å²) in [5.74, 6) is 0.694. The Labute approximate surface area is 117 Å². The van der Waals surface area contributed by atoms with Crippen LogP contribution in [-0.2, 0) is 5.41 Å². The number of nitrogens with zero attached hydrogens (tertiary/aromatic N) is 2. The minimum atomic E-state index is -0.613. The monoisotopic (exact) mass is 264 g/mol. The summed E-state index contributed by atoms with van der Waals surface area (Å²) in [5, 5.41) is 10.4. The van der Waals surface area contributed by atoms with Gasteiger partial charge in [-0.15, -0.1) is 0 Å². The summed E-state index contributed by atoms with van der Waals surface area (Å²) in [5.41, 5.74) is 3.65. The Hall–Kier alpha value is -2.54. The lowest BCUT2D eigenvalue weighted by Crippen LogP contribution is -2.15. The first kappa shape index (κ1) is 12.5. The molecule has 0 aliphatic heterocycles. The fourth-order valence-corrected chi connectivity index (χ4v) is 2.44. The quantitative estimate of drug-likeness (QED) is 0.741. The highest BCUT2D eigenvalue weighted by molar-refractivity contribution is 5.96. The van der Waals surface area contributed by atoms with Gasteiger partial charge >= 0.3 is 0 Å². The second kappa shape index (κ2) is 4.24. The average Bonchev–Trinajstić information content (AvgIpc) is 3.02. The Bertz CT molecular complexity index is 814. The smallest absolute Gasteiger partial charge is 0.126 e. The first-order valence-electron chi connectivity index (χ1n) is 6.57. The lowest BCUT2D eigenvalue weighted by Gasteiger charge is -2.10. The lowest BCUT2D eigenvalue weighted by atomic mass is 9.95. The molecule has 0 aliphatic carbocycles. The molecular formula is C16H16N4. The van der Waals surface area contributed by atoms with Gasteiger partial charge in [-0.05, 0) is 26.8 Å². The molecule has 100 valence electrons. The number of aromatic nitrogens is 3. The van der Waals surface area contributed by atoms with Crippen LogP contribution in [0.2, 0.25) is 0 Å². The molecular weight excluding hydrogens is 248 g/mol. The van der Waals surface area contributed by atoms with Gasteiger partial charge in [-0.3, -0.25) is 0 Å². The molecule has 3 aromatic rings.